The summed E-state index contributed by atoms with van der Waals surface area (Å²) in [6, 6.07) is 8.48. The van der Waals surface area contributed by atoms with Crippen LogP contribution in [0.15, 0.2) is 29.8 Å². The van der Waals surface area contributed by atoms with Crippen molar-refractivity contribution in [3.05, 3.63) is 41.0 Å². The summed E-state index contributed by atoms with van der Waals surface area (Å²) in [5, 5.41) is 0. The Morgan fingerprint density at radius 3 is 2.72 bits per heavy atom. The van der Waals surface area contributed by atoms with E-state index < -0.39 is 0 Å². The molecule has 2 nitrogen and oxygen atoms in total. The van der Waals surface area contributed by atoms with E-state index in [4.69, 9.17) is 15.9 Å². The lowest BCUT2D eigenvalue weighted by Crippen LogP contribution is -2.17. The van der Waals surface area contributed by atoms with Gasteiger partial charge in [0.1, 0.15) is 0 Å². The summed E-state index contributed by atoms with van der Waals surface area (Å²) in [4.78, 5) is 0. The second-order valence-electron chi connectivity index (χ2n) is 4.62. The Labute approximate surface area is 108 Å². The minimum Gasteiger partial charge on any atom is -0.346 e. The predicted octanol–water partition coefficient (Wildman–Crippen LogP) is 2.78. The zero-order valence-electron chi connectivity index (χ0n) is 10.3. The van der Waals surface area contributed by atoms with Crippen molar-refractivity contribution in [2.45, 2.75) is 25.6 Å². The first kappa shape index (κ1) is 11.5. The highest BCUT2D eigenvalue weighted by Crippen LogP contribution is 2.36. The Kier molecular flexibility index (Phi) is 3.19. The van der Waals surface area contributed by atoms with Gasteiger partial charge in [-0.15, -0.1) is 12.3 Å². The summed E-state index contributed by atoms with van der Waals surface area (Å²) < 4.78 is 11.3. The molecular formula is C16H16O2. The fourth-order valence-electron chi connectivity index (χ4n) is 2.76. The largest absolute Gasteiger partial charge is 0.346 e. The van der Waals surface area contributed by atoms with E-state index in [0.717, 1.165) is 12.8 Å². The highest BCUT2D eigenvalue weighted by molar-refractivity contribution is 5.75. The number of benzene rings is 1. The van der Waals surface area contributed by atoms with Crippen LogP contribution in [-0.4, -0.2) is 19.5 Å². The lowest BCUT2D eigenvalue weighted by molar-refractivity contribution is -0.0131. The first-order valence-corrected chi connectivity index (χ1v) is 6.37. The number of terminal acetylenes is 1. The number of fused-ring (bicyclic) bond motifs is 1. The number of hydrogen-bond acceptors (Lipinski definition) is 2. The lowest BCUT2D eigenvalue weighted by Gasteiger charge is -2.25. The van der Waals surface area contributed by atoms with Crippen molar-refractivity contribution in [3.63, 3.8) is 0 Å². The van der Waals surface area contributed by atoms with Gasteiger partial charge in [-0.05, 0) is 35.1 Å². The molecule has 0 N–H and O–H groups in total. The monoisotopic (exact) mass is 240 g/mol. The normalized spacial score (nSPS) is 19.7. The van der Waals surface area contributed by atoms with E-state index in [1.54, 1.807) is 0 Å². The molecule has 1 aliphatic carbocycles. The van der Waals surface area contributed by atoms with Crippen molar-refractivity contribution in [1.82, 2.24) is 0 Å². The van der Waals surface area contributed by atoms with E-state index in [0.29, 0.717) is 19.6 Å². The number of rotatable bonds is 2. The Balaban J connectivity index is 2.05. The van der Waals surface area contributed by atoms with Gasteiger partial charge in [-0.3, -0.25) is 0 Å². The zero-order valence-corrected chi connectivity index (χ0v) is 10.3. The molecule has 3 rings (SSSR count). The molecule has 0 saturated carbocycles. The number of allylic oxidation sites excluding steroid dienone is 1. The zero-order chi connectivity index (χ0) is 12.4. The smallest absolute Gasteiger partial charge is 0.180 e. The summed E-state index contributed by atoms with van der Waals surface area (Å²) in [6.07, 6.45) is 8.01. The van der Waals surface area contributed by atoms with Crippen LogP contribution in [0.1, 0.15) is 24.0 Å². The summed E-state index contributed by atoms with van der Waals surface area (Å²) in [7, 11) is 0. The van der Waals surface area contributed by atoms with Crippen LogP contribution in [0.4, 0.5) is 0 Å². The van der Waals surface area contributed by atoms with Crippen molar-refractivity contribution in [3.8, 4) is 12.3 Å². The fraction of sp³-hybridized carbons (Fsp3) is 0.375. The molecule has 2 heteroatoms. The average Bonchev–Trinajstić information content (AvgIpc) is 2.93. The third-order valence-corrected chi connectivity index (χ3v) is 3.58. The Hall–Kier alpha value is -1.56. The topological polar surface area (TPSA) is 18.5 Å². The highest BCUT2D eigenvalue weighted by atomic mass is 16.7. The van der Waals surface area contributed by atoms with E-state index in [9.17, 15) is 0 Å². The molecule has 0 aromatic heterocycles. The molecule has 1 aromatic carbocycles. The van der Waals surface area contributed by atoms with Crippen LogP contribution >= 0.6 is 0 Å². The molecule has 1 aliphatic heterocycles. The lowest BCUT2D eigenvalue weighted by atomic mass is 9.84. The molecule has 0 spiro atoms. The predicted molar refractivity (Wildman–Crippen MR) is 70.8 cm³/mol. The Bertz CT molecular complexity index is 516. The van der Waals surface area contributed by atoms with E-state index in [2.05, 4.69) is 30.2 Å². The van der Waals surface area contributed by atoms with E-state index in [1.807, 2.05) is 0 Å². The van der Waals surface area contributed by atoms with Gasteiger partial charge in [-0.1, -0.05) is 24.3 Å². The molecule has 0 amide bonds. The van der Waals surface area contributed by atoms with E-state index in [-0.39, 0.29) is 6.29 Å². The molecule has 1 aromatic rings. The van der Waals surface area contributed by atoms with Gasteiger partial charge in [0.25, 0.3) is 0 Å². The van der Waals surface area contributed by atoms with Crippen molar-refractivity contribution in [2.75, 3.05) is 13.2 Å². The van der Waals surface area contributed by atoms with Crippen LogP contribution < -0.4 is 0 Å². The van der Waals surface area contributed by atoms with Crippen molar-refractivity contribution >= 4 is 5.57 Å². The van der Waals surface area contributed by atoms with Gasteiger partial charge >= 0.3 is 0 Å². The van der Waals surface area contributed by atoms with Gasteiger partial charge in [0, 0.05) is 6.42 Å². The van der Waals surface area contributed by atoms with Crippen LogP contribution in [0, 0.1) is 12.3 Å². The number of hydrogen-bond donors (Lipinski definition) is 0. The first-order valence-electron chi connectivity index (χ1n) is 6.37. The maximum absolute atomic E-state index is 5.64. The minimum atomic E-state index is -0.179. The van der Waals surface area contributed by atoms with Crippen LogP contribution in [0.3, 0.4) is 0 Å². The van der Waals surface area contributed by atoms with Gasteiger partial charge in [0.05, 0.1) is 13.2 Å². The maximum Gasteiger partial charge on any atom is 0.180 e. The fourth-order valence-corrected chi connectivity index (χ4v) is 2.76. The van der Waals surface area contributed by atoms with Crippen LogP contribution in [0.25, 0.3) is 5.57 Å². The van der Waals surface area contributed by atoms with Crippen LogP contribution in [-0.2, 0) is 15.9 Å². The second-order valence-corrected chi connectivity index (χ2v) is 4.62. The van der Waals surface area contributed by atoms with Crippen molar-refractivity contribution in [2.24, 2.45) is 0 Å². The Morgan fingerprint density at radius 1 is 1.17 bits per heavy atom. The molecule has 1 fully saturated rings. The summed E-state index contributed by atoms with van der Waals surface area (Å²) in [6.45, 7) is 1.36. The molecule has 1 saturated heterocycles. The Morgan fingerprint density at radius 2 is 1.94 bits per heavy atom. The molecule has 0 radical (unpaired) electrons. The molecule has 0 bridgehead atoms. The highest BCUT2D eigenvalue weighted by Gasteiger charge is 2.27. The third kappa shape index (κ3) is 1.96. The number of ether oxygens (including phenoxy) is 2. The van der Waals surface area contributed by atoms with E-state index >= 15 is 0 Å². The van der Waals surface area contributed by atoms with Gasteiger partial charge in [0.15, 0.2) is 6.29 Å². The molecule has 18 heavy (non-hydrogen) atoms. The van der Waals surface area contributed by atoms with Crippen molar-refractivity contribution < 1.29 is 9.47 Å². The van der Waals surface area contributed by atoms with Gasteiger partial charge < -0.3 is 9.47 Å². The molecule has 0 atom stereocenters. The first-order chi connectivity index (χ1) is 8.90. The van der Waals surface area contributed by atoms with Gasteiger partial charge in [-0.25, -0.2) is 0 Å². The molecule has 1 heterocycles. The van der Waals surface area contributed by atoms with Crippen LogP contribution in [0.5, 0.6) is 0 Å². The summed E-state index contributed by atoms with van der Waals surface area (Å²) in [5.74, 6) is 2.76. The maximum atomic E-state index is 5.64. The molecule has 92 valence electrons. The van der Waals surface area contributed by atoms with Gasteiger partial charge in [-0.2, -0.15) is 0 Å². The minimum absolute atomic E-state index is 0.179. The van der Waals surface area contributed by atoms with Gasteiger partial charge in [0.2, 0.25) is 0 Å². The van der Waals surface area contributed by atoms with Crippen molar-refractivity contribution in [1.29, 1.82) is 0 Å². The number of aryl methyl sites for hydroxylation is 1. The second kappa shape index (κ2) is 4.97. The average molecular weight is 240 g/mol. The molecular weight excluding hydrogens is 224 g/mol. The summed E-state index contributed by atoms with van der Waals surface area (Å²) in [5.41, 5.74) is 5.12. The quantitative estimate of drug-likeness (QED) is 0.740. The van der Waals surface area contributed by atoms with E-state index in [1.165, 1.54) is 22.3 Å². The molecule has 0 unspecified atom stereocenters. The SMILES string of the molecule is C#CCC1=C(C2OCCO2)CCc2ccccc21. The molecule has 2 aliphatic rings. The van der Waals surface area contributed by atoms with Crippen LogP contribution in [0.2, 0.25) is 0 Å². The standard InChI is InChI=1S/C16H16O2/c1-2-5-14-13-7-4-3-6-12(13)8-9-15(14)16-17-10-11-18-16/h1,3-4,6-7,16H,5,8-11H2. The third-order valence-electron chi connectivity index (χ3n) is 3.58. The summed E-state index contributed by atoms with van der Waals surface area (Å²) >= 11 is 0.